The van der Waals surface area contributed by atoms with Crippen LogP contribution in [0, 0.1) is 0 Å². The molecule has 0 saturated carbocycles. The number of amides is 1. The number of para-hydroxylation sites is 2. The minimum Gasteiger partial charge on any atom is -0.397 e. The summed E-state index contributed by atoms with van der Waals surface area (Å²) in [5.41, 5.74) is 10.8. The molecule has 5 N–H and O–H groups in total. The third-order valence-corrected chi connectivity index (χ3v) is 4.23. The van der Waals surface area contributed by atoms with Crippen LogP contribution in [0.25, 0.3) is 6.08 Å². The number of benzene rings is 3. The third-order valence-electron chi connectivity index (χ3n) is 4.23. The van der Waals surface area contributed by atoms with Crippen molar-refractivity contribution >= 4 is 29.0 Å². The second kappa shape index (κ2) is 9.39. The van der Waals surface area contributed by atoms with Crippen LogP contribution in [0.1, 0.15) is 16.7 Å². The fourth-order valence-corrected chi connectivity index (χ4v) is 2.69. The Bertz CT molecular complexity index is 966. The lowest BCUT2D eigenvalue weighted by Crippen LogP contribution is -2.09. The summed E-state index contributed by atoms with van der Waals surface area (Å²) in [6, 6.07) is 22.8. The number of nitrogens with two attached hydrogens (primary N) is 1. The van der Waals surface area contributed by atoms with E-state index in [0.717, 1.165) is 22.4 Å². The molecule has 5 heteroatoms. The topological polar surface area (TPSA) is 87.4 Å². The summed E-state index contributed by atoms with van der Waals surface area (Å²) in [7, 11) is 0. The number of anilines is 3. The minimum atomic E-state index is -0.229. The molecule has 3 aromatic carbocycles. The Morgan fingerprint density at radius 1 is 0.964 bits per heavy atom. The largest absolute Gasteiger partial charge is 0.397 e. The first-order chi connectivity index (χ1) is 13.6. The SMILES string of the molecule is Nc1ccccc1NC(=O)C=Cc1ccc(CNc2cccc(CO)c2)cc1. The Morgan fingerprint density at radius 2 is 1.75 bits per heavy atom. The van der Waals surface area contributed by atoms with Crippen LogP contribution in [0.4, 0.5) is 17.1 Å². The number of aliphatic hydroxyl groups is 1. The first-order valence-corrected chi connectivity index (χ1v) is 9.00. The molecule has 0 spiro atoms. The van der Waals surface area contributed by atoms with Crippen LogP contribution in [0.15, 0.2) is 78.9 Å². The number of carbonyl (C=O) groups is 1. The van der Waals surface area contributed by atoms with Gasteiger partial charge in [-0.1, -0.05) is 48.5 Å². The second-order valence-electron chi connectivity index (χ2n) is 6.36. The molecule has 0 aromatic heterocycles. The molecule has 0 heterocycles. The summed E-state index contributed by atoms with van der Waals surface area (Å²) in [6.45, 7) is 0.702. The zero-order valence-electron chi connectivity index (χ0n) is 15.4. The number of aliphatic hydroxyl groups excluding tert-OH is 1. The van der Waals surface area contributed by atoms with Gasteiger partial charge in [0.15, 0.2) is 0 Å². The molecular weight excluding hydrogens is 350 g/mol. The Hall–Kier alpha value is -3.57. The molecule has 0 fully saturated rings. The van der Waals surface area contributed by atoms with Crippen LogP contribution in [0.5, 0.6) is 0 Å². The second-order valence-corrected chi connectivity index (χ2v) is 6.36. The number of nitrogen functional groups attached to an aromatic ring is 1. The molecule has 3 rings (SSSR count). The van der Waals surface area contributed by atoms with Gasteiger partial charge in [-0.15, -0.1) is 0 Å². The normalized spacial score (nSPS) is 10.8. The van der Waals surface area contributed by atoms with E-state index >= 15 is 0 Å². The summed E-state index contributed by atoms with van der Waals surface area (Å²) in [4.78, 5) is 12.0. The summed E-state index contributed by atoms with van der Waals surface area (Å²) < 4.78 is 0. The molecular formula is C23H23N3O2. The van der Waals surface area contributed by atoms with Gasteiger partial charge in [0.05, 0.1) is 18.0 Å². The van der Waals surface area contributed by atoms with Gasteiger partial charge in [-0.3, -0.25) is 4.79 Å². The van der Waals surface area contributed by atoms with E-state index in [0.29, 0.717) is 17.9 Å². The molecule has 0 unspecified atom stereocenters. The highest BCUT2D eigenvalue weighted by molar-refractivity contribution is 6.03. The third kappa shape index (κ3) is 5.46. The van der Waals surface area contributed by atoms with Gasteiger partial charge in [0.2, 0.25) is 5.91 Å². The van der Waals surface area contributed by atoms with Crippen molar-refractivity contribution in [1.29, 1.82) is 0 Å². The Morgan fingerprint density at radius 3 is 2.50 bits per heavy atom. The molecule has 0 saturated heterocycles. The molecule has 0 aliphatic heterocycles. The van der Waals surface area contributed by atoms with Crippen molar-refractivity contribution in [3.05, 3.63) is 95.6 Å². The molecule has 3 aromatic rings. The Kier molecular flexibility index (Phi) is 6.44. The van der Waals surface area contributed by atoms with Crippen molar-refractivity contribution in [2.24, 2.45) is 0 Å². The average molecular weight is 373 g/mol. The van der Waals surface area contributed by atoms with Crippen molar-refractivity contribution < 1.29 is 9.90 Å². The summed E-state index contributed by atoms with van der Waals surface area (Å²) in [6.07, 6.45) is 3.25. The van der Waals surface area contributed by atoms with Gasteiger partial charge in [0.25, 0.3) is 0 Å². The van der Waals surface area contributed by atoms with Gasteiger partial charge < -0.3 is 21.5 Å². The van der Waals surface area contributed by atoms with Gasteiger partial charge in [0.1, 0.15) is 0 Å². The van der Waals surface area contributed by atoms with Crippen LogP contribution in [0.2, 0.25) is 0 Å². The first kappa shape index (κ1) is 19.2. The van der Waals surface area contributed by atoms with E-state index in [-0.39, 0.29) is 12.5 Å². The monoisotopic (exact) mass is 373 g/mol. The van der Waals surface area contributed by atoms with E-state index in [4.69, 9.17) is 5.73 Å². The lowest BCUT2D eigenvalue weighted by Gasteiger charge is -2.08. The predicted molar refractivity (Wildman–Crippen MR) is 115 cm³/mol. The minimum absolute atomic E-state index is 0.0288. The van der Waals surface area contributed by atoms with Gasteiger partial charge in [0, 0.05) is 18.3 Å². The fourth-order valence-electron chi connectivity index (χ4n) is 2.69. The van der Waals surface area contributed by atoms with Gasteiger partial charge in [-0.2, -0.15) is 0 Å². The molecule has 0 atom stereocenters. The van der Waals surface area contributed by atoms with Crippen LogP contribution < -0.4 is 16.4 Å². The maximum Gasteiger partial charge on any atom is 0.248 e. The number of rotatable bonds is 7. The van der Waals surface area contributed by atoms with Crippen LogP contribution in [0.3, 0.4) is 0 Å². The standard InChI is InChI=1S/C23H23N3O2/c24-21-6-1-2-7-22(21)26-23(28)13-12-17-8-10-18(11-9-17)15-25-20-5-3-4-19(14-20)16-27/h1-14,25,27H,15-16,24H2,(H,26,28). The Labute approximate surface area is 164 Å². The zero-order valence-corrected chi connectivity index (χ0v) is 15.4. The zero-order chi connectivity index (χ0) is 19.8. The van der Waals surface area contributed by atoms with Crippen molar-refractivity contribution in [2.75, 3.05) is 16.4 Å². The molecule has 0 aliphatic carbocycles. The van der Waals surface area contributed by atoms with E-state index in [2.05, 4.69) is 10.6 Å². The fraction of sp³-hybridized carbons (Fsp3) is 0.0870. The van der Waals surface area contributed by atoms with Gasteiger partial charge >= 0.3 is 0 Å². The predicted octanol–water partition coefficient (Wildman–Crippen LogP) is 4.03. The lowest BCUT2D eigenvalue weighted by atomic mass is 10.1. The van der Waals surface area contributed by atoms with Crippen LogP contribution in [-0.2, 0) is 17.9 Å². The quantitative estimate of drug-likeness (QED) is 0.372. The van der Waals surface area contributed by atoms with E-state index < -0.39 is 0 Å². The summed E-state index contributed by atoms with van der Waals surface area (Å²) in [5.74, 6) is -0.229. The molecule has 28 heavy (non-hydrogen) atoms. The van der Waals surface area contributed by atoms with Crippen LogP contribution >= 0.6 is 0 Å². The molecule has 0 bridgehead atoms. The first-order valence-electron chi connectivity index (χ1n) is 9.00. The highest BCUT2D eigenvalue weighted by atomic mass is 16.3. The Balaban J connectivity index is 1.54. The average Bonchev–Trinajstić information content (AvgIpc) is 2.73. The molecule has 0 aliphatic rings. The summed E-state index contributed by atoms with van der Waals surface area (Å²) in [5, 5.41) is 15.3. The van der Waals surface area contributed by atoms with Gasteiger partial charge in [-0.05, 0) is 47.0 Å². The van der Waals surface area contributed by atoms with Crippen molar-refractivity contribution in [3.63, 3.8) is 0 Å². The maximum atomic E-state index is 12.0. The van der Waals surface area contributed by atoms with Gasteiger partial charge in [-0.25, -0.2) is 0 Å². The molecule has 0 radical (unpaired) electrons. The number of nitrogens with one attached hydrogen (secondary N) is 2. The highest BCUT2D eigenvalue weighted by Crippen LogP contribution is 2.17. The number of hydrogen-bond acceptors (Lipinski definition) is 4. The van der Waals surface area contributed by atoms with E-state index in [9.17, 15) is 9.90 Å². The van der Waals surface area contributed by atoms with Crippen LogP contribution in [-0.4, -0.2) is 11.0 Å². The van der Waals surface area contributed by atoms with E-state index in [1.165, 1.54) is 6.08 Å². The summed E-state index contributed by atoms with van der Waals surface area (Å²) >= 11 is 0. The maximum absolute atomic E-state index is 12.0. The number of carbonyl (C=O) groups excluding carboxylic acids is 1. The smallest absolute Gasteiger partial charge is 0.248 e. The number of hydrogen-bond donors (Lipinski definition) is 4. The lowest BCUT2D eigenvalue weighted by molar-refractivity contribution is -0.111. The molecule has 1 amide bonds. The molecule has 5 nitrogen and oxygen atoms in total. The molecule has 142 valence electrons. The highest BCUT2D eigenvalue weighted by Gasteiger charge is 2.01. The van der Waals surface area contributed by atoms with E-state index in [1.807, 2.05) is 60.7 Å². The van der Waals surface area contributed by atoms with Crippen molar-refractivity contribution in [1.82, 2.24) is 0 Å². The van der Waals surface area contributed by atoms with Crippen molar-refractivity contribution in [3.8, 4) is 0 Å². The van der Waals surface area contributed by atoms with Crippen molar-refractivity contribution in [2.45, 2.75) is 13.2 Å². The van der Waals surface area contributed by atoms with E-state index in [1.54, 1.807) is 18.2 Å².